The summed E-state index contributed by atoms with van der Waals surface area (Å²) in [4.78, 5) is 4.92. The van der Waals surface area contributed by atoms with E-state index in [-0.39, 0.29) is 13.4 Å². The Kier molecular flexibility index (Phi) is 9.83. The molecule has 9 aromatic rings. The number of benzene rings is 9. The molecule has 4 aliphatic rings. The number of hydrogen-bond donors (Lipinski definition) is 0. The molecular formula is C62H48B2Br2N2O2. The van der Waals surface area contributed by atoms with Crippen LogP contribution in [0.1, 0.15) is 44.5 Å². The Morgan fingerprint density at radius 1 is 0.343 bits per heavy atom. The van der Waals surface area contributed by atoms with Crippen LogP contribution in [0.5, 0.6) is 23.0 Å². The van der Waals surface area contributed by atoms with Gasteiger partial charge >= 0.3 is 0 Å². The van der Waals surface area contributed by atoms with E-state index in [9.17, 15) is 0 Å². The number of anilines is 6. The number of halogens is 2. The SMILES string of the molecule is Cc1ccc(N2c3ccc(C)cc3B3c4cc5c(cc4Oc4cc(-c6c(C)cc(Br)cc6C)cc2c43)Oc2cc(-c3c(C)cc(Br)cc3C)cc3c2B5c2cc(C)ccc2N3c2ccc(C)cc2)cc1. The Hall–Kier alpha value is -6.73. The second-order valence-electron chi connectivity index (χ2n) is 20.1. The molecule has 0 aliphatic carbocycles. The van der Waals surface area contributed by atoms with Crippen LogP contribution in [-0.2, 0) is 0 Å². The van der Waals surface area contributed by atoms with Crippen molar-refractivity contribution in [1.82, 2.24) is 0 Å². The summed E-state index contributed by atoms with van der Waals surface area (Å²) in [6.07, 6.45) is 0. The van der Waals surface area contributed by atoms with Gasteiger partial charge < -0.3 is 19.3 Å². The molecule has 4 aliphatic heterocycles. The molecule has 0 unspecified atom stereocenters. The lowest BCUT2D eigenvalue weighted by molar-refractivity contribution is 0.466. The first kappa shape index (κ1) is 43.3. The number of fused-ring (bicyclic) bond motifs is 8. The van der Waals surface area contributed by atoms with Gasteiger partial charge in [-0.3, -0.25) is 0 Å². The molecule has 0 aromatic heterocycles. The summed E-state index contributed by atoms with van der Waals surface area (Å²) >= 11 is 7.55. The molecule has 70 heavy (non-hydrogen) atoms. The maximum Gasteiger partial charge on any atom is 0.256 e. The lowest BCUT2D eigenvalue weighted by Crippen LogP contribution is -2.63. The summed E-state index contributed by atoms with van der Waals surface area (Å²) in [6.45, 7) is 17.3. The minimum absolute atomic E-state index is 0.104. The summed E-state index contributed by atoms with van der Waals surface area (Å²) in [7, 11) is 0. The lowest BCUT2D eigenvalue weighted by atomic mass is 9.31. The molecule has 0 radical (unpaired) electrons. The molecule has 0 atom stereocenters. The van der Waals surface area contributed by atoms with Gasteiger partial charge in [-0.25, -0.2) is 0 Å². The third-order valence-corrected chi connectivity index (χ3v) is 16.0. The van der Waals surface area contributed by atoms with Crippen LogP contribution < -0.4 is 52.1 Å². The Balaban J connectivity index is 1.08. The lowest BCUT2D eigenvalue weighted by Gasteiger charge is -2.42. The van der Waals surface area contributed by atoms with Crippen molar-refractivity contribution in [2.75, 3.05) is 9.80 Å². The molecule has 4 heterocycles. The molecule has 0 N–H and O–H groups in total. The maximum absolute atomic E-state index is 7.38. The third kappa shape index (κ3) is 6.63. The highest BCUT2D eigenvalue weighted by atomic mass is 79.9. The molecule has 0 fully saturated rings. The summed E-state index contributed by atoms with van der Waals surface area (Å²) in [6, 6.07) is 54.7. The molecule has 13 rings (SSSR count). The first-order valence-electron chi connectivity index (χ1n) is 24.2. The van der Waals surface area contributed by atoms with Crippen molar-refractivity contribution in [1.29, 1.82) is 0 Å². The number of nitrogens with zero attached hydrogens (tertiary/aromatic N) is 2. The zero-order valence-corrected chi connectivity index (χ0v) is 43.6. The van der Waals surface area contributed by atoms with Gasteiger partial charge in [0.15, 0.2) is 0 Å². The van der Waals surface area contributed by atoms with Crippen molar-refractivity contribution in [2.45, 2.75) is 55.4 Å². The van der Waals surface area contributed by atoms with Gasteiger partial charge in [0, 0.05) is 49.1 Å². The molecule has 0 saturated heterocycles. The van der Waals surface area contributed by atoms with Crippen molar-refractivity contribution >= 4 is 112 Å². The Bertz CT molecular complexity index is 3470. The number of rotatable bonds is 4. The van der Waals surface area contributed by atoms with E-state index in [1.54, 1.807) is 0 Å². The van der Waals surface area contributed by atoms with E-state index in [4.69, 9.17) is 9.47 Å². The van der Waals surface area contributed by atoms with Gasteiger partial charge in [0.25, 0.3) is 13.4 Å². The summed E-state index contributed by atoms with van der Waals surface area (Å²) in [5, 5.41) is 0. The van der Waals surface area contributed by atoms with Crippen LogP contribution in [0.15, 0.2) is 155 Å². The average molecular weight is 1030 g/mol. The predicted molar refractivity (Wildman–Crippen MR) is 302 cm³/mol. The van der Waals surface area contributed by atoms with Gasteiger partial charge in [0.1, 0.15) is 23.0 Å². The zero-order valence-electron chi connectivity index (χ0n) is 40.5. The fraction of sp³-hybridized carbons (Fsp3) is 0.129. The minimum atomic E-state index is -0.104. The predicted octanol–water partition coefficient (Wildman–Crippen LogP) is 13.8. The molecule has 0 saturated carbocycles. The van der Waals surface area contributed by atoms with Gasteiger partial charge in [0.05, 0.1) is 0 Å². The van der Waals surface area contributed by atoms with Crippen LogP contribution in [-0.4, -0.2) is 13.4 Å². The molecule has 0 bridgehead atoms. The minimum Gasteiger partial charge on any atom is -0.458 e. The Labute approximate surface area is 428 Å². The summed E-state index contributed by atoms with van der Waals surface area (Å²) in [5.74, 6) is 3.37. The molecule has 8 heteroatoms. The highest BCUT2D eigenvalue weighted by Crippen LogP contribution is 2.48. The summed E-state index contributed by atoms with van der Waals surface area (Å²) in [5.41, 5.74) is 28.4. The van der Waals surface area contributed by atoms with Crippen molar-refractivity contribution in [3.63, 3.8) is 0 Å². The highest BCUT2D eigenvalue weighted by molar-refractivity contribution is 9.10. The summed E-state index contributed by atoms with van der Waals surface area (Å²) < 4.78 is 16.9. The van der Waals surface area contributed by atoms with Crippen LogP contribution in [0.2, 0.25) is 0 Å². The number of hydrogen-bond acceptors (Lipinski definition) is 4. The average Bonchev–Trinajstić information content (AvgIpc) is 3.31. The fourth-order valence-electron chi connectivity index (χ4n) is 12.2. The van der Waals surface area contributed by atoms with Crippen LogP contribution in [0, 0.1) is 55.4 Å². The molecule has 0 amide bonds. The number of ether oxygens (including phenoxy) is 2. The van der Waals surface area contributed by atoms with Gasteiger partial charge in [-0.15, -0.1) is 0 Å². The molecule has 4 nitrogen and oxygen atoms in total. The molecule has 338 valence electrons. The van der Waals surface area contributed by atoms with E-state index >= 15 is 0 Å². The van der Waals surface area contributed by atoms with E-state index in [1.807, 2.05) is 0 Å². The second-order valence-corrected chi connectivity index (χ2v) is 21.9. The van der Waals surface area contributed by atoms with E-state index in [0.717, 1.165) is 76.7 Å². The quantitative estimate of drug-likeness (QED) is 0.164. The van der Waals surface area contributed by atoms with Crippen molar-refractivity contribution < 1.29 is 9.47 Å². The van der Waals surface area contributed by atoms with Crippen molar-refractivity contribution in [3.8, 4) is 45.3 Å². The van der Waals surface area contributed by atoms with Crippen molar-refractivity contribution in [3.05, 3.63) is 199 Å². The van der Waals surface area contributed by atoms with Gasteiger partial charge in [-0.05, 0) is 218 Å². The maximum atomic E-state index is 7.38. The van der Waals surface area contributed by atoms with Crippen LogP contribution in [0.4, 0.5) is 34.1 Å². The monoisotopic (exact) mass is 1030 g/mol. The Morgan fingerprint density at radius 2 is 0.714 bits per heavy atom. The van der Waals surface area contributed by atoms with E-state index in [2.05, 4.69) is 243 Å². The number of aryl methyl sites for hydroxylation is 8. The molecule has 9 aromatic carbocycles. The highest BCUT2D eigenvalue weighted by Gasteiger charge is 2.47. The second kappa shape index (κ2) is 15.9. The van der Waals surface area contributed by atoms with E-state index in [1.165, 1.54) is 88.9 Å². The smallest absolute Gasteiger partial charge is 0.256 e. The van der Waals surface area contributed by atoms with E-state index < -0.39 is 0 Å². The third-order valence-electron chi connectivity index (χ3n) is 15.1. The van der Waals surface area contributed by atoms with Gasteiger partial charge in [0.2, 0.25) is 0 Å². The van der Waals surface area contributed by atoms with Crippen LogP contribution in [0.3, 0.4) is 0 Å². The standard InChI is InChI=1S/C62H48B2Br2N2O2/c1-33-9-15-45(16-10-33)67-51-19-13-35(3)21-47(51)63-49-31-50-56(32-55(49)69-57-29-41(27-53(67)61(57)63)59-37(5)23-43(65)24-38(59)6)70-58-30-42(60-39(7)25-44(66)26-40(60)8)28-54-62(58)64(50)48-22-36(4)14-20-52(48)68(54)46-17-11-34(2)12-18-46/h9-32H,1-8H3. The molecule has 0 spiro atoms. The van der Waals surface area contributed by atoms with Crippen LogP contribution >= 0.6 is 31.9 Å². The van der Waals surface area contributed by atoms with Gasteiger partial charge in [-0.1, -0.05) is 109 Å². The first-order chi connectivity index (χ1) is 33.8. The largest absolute Gasteiger partial charge is 0.458 e. The first-order valence-corrected chi connectivity index (χ1v) is 25.7. The van der Waals surface area contributed by atoms with Gasteiger partial charge in [-0.2, -0.15) is 0 Å². The topological polar surface area (TPSA) is 24.9 Å². The van der Waals surface area contributed by atoms with Crippen molar-refractivity contribution in [2.24, 2.45) is 0 Å². The Morgan fingerprint density at radius 3 is 1.10 bits per heavy atom. The zero-order chi connectivity index (χ0) is 48.0. The van der Waals surface area contributed by atoms with E-state index in [0.29, 0.717) is 0 Å². The fourth-order valence-corrected chi connectivity index (χ4v) is 13.6. The van der Waals surface area contributed by atoms with Crippen LogP contribution in [0.25, 0.3) is 22.3 Å². The molecular weight excluding hydrogens is 986 g/mol. The normalized spacial score (nSPS) is 13.4.